The van der Waals surface area contributed by atoms with Crippen LogP contribution in [0.2, 0.25) is 0 Å². The van der Waals surface area contributed by atoms with Gasteiger partial charge in [0.1, 0.15) is 13.2 Å². The van der Waals surface area contributed by atoms with Crippen molar-refractivity contribution in [2.24, 2.45) is 0 Å². The Morgan fingerprint density at radius 3 is 0.921 bits per heavy atom. The number of unbranched alkanes of at least 4 members (excludes halogenated alkanes) is 33. The van der Waals surface area contributed by atoms with Crippen molar-refractivity contribution >= 4 is 17.9 Å². The molecule has 0 aromatic heterocycles. The Bertz CT molecular complexity index is 1060. The Kier molecular flexibility index (Phi) is 50.3. The molecular formula is C57H104O6. The zero-order chi connectivity index (χ0) is 45.8. The maximum atomic E-state index is 12.8. The molecule has 6 nitrogen and oxygen atoms in total. The highest BCUT2D eigenvalue weighted by atomic mass is 16.6. The van der Waals surface area contributed by atoms with Crippen LogP contribution in [0.3, 0.4) is 0 Å². The lowest BCUT2D eigenvalue weighted by Crippen LogP contribution is -2.30. The van der Waals surface area contributed by atoms with Crippen LogP contribution in [0.1, 0.15) is 290 Å². The van der Waals surface area contributed by atoms with Crippen LogP contribution in [0, 0.1) is 0 Å². The highest BCUT2D eigenvalue weighted by molar-refractivity contribution is 5.71. The van der Waals surface area contributed by atoms with Crippen LogP contribution >= 0.6 is 0 Å². The molecule has 0 radical (unpaired) electrons. The average Bonchev–Trinajstić information content (AvgIpc) is 3.28. The van der Waals surface area contributed by atoms with Gasteiger partial charge in [-0.15, -0.1) is 0 Å². The molecule has 0 aliphatic heterocycles. The van der Waals surface area contributed by atoms with E-state index in [9.17, 15) is 14.4 Å². The molecule has 0 bridgehead atoms. The minimum atomic E-state index is -0.777. The lowest BCUT2D eigenvalue weighted by atomic mass is 10.0. The van der Waals surface area contributed by atoms with Gasteiger partial charge in [-0.1, -0.05) is 231 Å². The predicted octanol–water partition coefficient (Wildman–Crippen LogP) is 18.1. The molecule has 0 unspecified atom stereocenters. The zero-order valence-electron chi connectivity index (χ0n) is 42.1. The fourth-order valence-electron chi connectivity index (χ4n) is 7.94. The van der Waals surface area contributed by atoms with Crippen molar-refractivity contribution in [1.29, 1.82) is 0 Å². The SMILES string of the molecule is CCCCC/C=C\C/C=C\CCCCCCCC(=O)OC[C@@H](COC(=O)CCCCCCC/C=C\CCCCCCCC)OC(=O)CCCCCCCCCCCCCCCCC. The molecule has 6 heteroatoms. The Morgan fingerprint density at radius 1 is 0.317 bits per heavy atom. The largest absolute Gasteiger partial charge is 0.462 e. The quantitative estimate of drug-likeness (QED) is 0.0262. The van der Waals surface area contributed by atoms with Crippen LogP contribution in [0.15, 0.2) is 36.5 Å². The minimum Gasteiger partial charge on any atom is -0.462 e. The first-order valence-electron chi connectivity index (χ1n) is 27.5. The number of allylic oxidation sites excluding steroid dienone is 6. The van der Waals surface area contributed by atoms with Gasteiger partial charge < -0.3 is 14.2 Å². The van der Waals surface area contributed by atoms with E-state index in [4.69, 9.17) is 14.2 Å². The molecule has 0 saturated carbocycles. The summed E-state index contributed by atoms with van der Waals surface area (Å²) < 4.78 is 16.8. The Balaban J connectivity index is 4.38. The molecule has 0 saturated heterocycles. The molecule has 0 spiro atoms. The third kappa shape index (κ3) is 50.5. The summed E-state index contributed by atoms with van der Waals surface area (Å²) >= 11 is 0. The van der Waals surface area contributed by atoms with Gasteiger partial charge in [0.05, 0.1) is 0 Å². The van der Waals surface area contributed by atoms with Crippen LogP contribution in [-0.2, 0) is 28.6 Å². The zero-order valence-corrected chi connectivity index (χ0v) is 42.1. The molecule has 63 heavy (non-hydrogen) atoms. The van der Waals surface area contributed by atoms with E-state index >= 15 is 0 Å². The smallest absolute Gasteiger partial charge is 0.306 e. The van der Waals surface area contributed by atoms with Crippen LogP contribution < -0.4 is 0 Å². The maximum Gasteiger partial charge on any atom is 0.306 e. The van der Waals surface area contributed by atoms with Crippen molar-refractivity contribution in [3.05, 3.63) is 36.5 Å². The second kappa shape index (κ2) is 52.3. The van der Waals surface area contributed by atoms with Gasteiger partial charge in [0.2, 0.25) is 0 Å². The molecule has 0 fully saturated rings. The first-order chi connectivity index (χ1) is 31.0. The number of ether oxygens (including phenoxy) is 3. The fourth-order valence-corrected chi connectivity index (χ4v) is 7.94. The first-order valence-corrected chi connectivity index (χ1v) is 27.5. The van der Waals surface area contributed by atoms with Gasteiger partial charge in [0, 0.05) is 19.3 Å². The number of esters is 3. The number of hydrogen-bond acceptors (Lipinski definition) is 6. The van der Waals surface area contributed by atoms with Crippen molar-refractivity contribution in [3.63, 3.8) is 0 Å². The molecule has 1 atom stereocenters. The van der Waals surface area contributed by atoms with Crippen LogP contribution in [-0.4, -0.2) is 37.2 Å². The van der Waals surface area contributed by atoms with Gasteiger partial charge in [-0.2, -0.15) is 0 Å². The monoisotopic (exact) mass is 885 g/mol. The second-order valence-electron chi connectivity index (χ2n) is 18.5. The molecule has 0 amide bonds. The highest BCUT2D eigenvalue weighted by Crippen LogP contribution is 2.16. The minimum absolute atomic E-state index is 0.0779. The van der Waals surface area contributed by atoms with E-state index in [1.54, 1.807) is 0 Å². The summed E-state index contributed by atoms with van der Waals surface area (Å²) in [7, 11) is 0. The van der Waals surface area contributed by atoms with E-state index in [0.717, 1.165) is 83.5 Å². The third-order valence-corrected chi connectivity index (χ3v) is 12.1. The van der Waals surface area contributed by atoms with Gasteiger partial charge >= 0.3 is 17.9 Å². The predicted molar refractivity (Wildman–Crippen MR) is 270 cm³/mol. The topological polar surface area (TPSA) is 78.9 Å². The van der Waals surface area contributed by atoms with E-state index in [0.29, 0.717) is 19.3 Å². The van der Waals surface area contributed by atoms with Crippen LogP contribution in [0.25, 0.3) is 0 Å². The number of carbonyl (C=O) groups is 3. The van der Waals surface area contributed by atoms with Gasteiger partial charge in [-0.05, 0) is 77.0 Å². The summed E-state index contributed by atoms with van der Waals surface area (Å²) in [6.45, 7) is 6.62. The van der Waals surface area contributed by atoms with Gasteiger partial charge in [-0.25, -0.2) is 0 Å². The van der Waals surface area contributed by atoms with Crippen molar-refractivity contribution in [3.8, 4) is 0 Å². The van der Waals surface area contributed by atoms with Crippen molar-refractivity contribution < 1.29 is 28.6 Å². The normalized spacial score (nSPS) is 12.2. The van der Waals surface area contributed by atoms with Crippen molar-refractivity contribution in [2.45, 2.75) is 297 Å². The number of hydrogen-bond donors (Lipinski definition) is 0. The van der Waals surface area contributed by atoms with E-state index in [1.165, 1.54) is 167 Å². The van der Waals surface area contributed by atoms with Gasteiger partial charge in [0.25, 0.3) is 0 Å². The molecule has 0 rings (SSSR count). The molecule has 0 aliphatic rings. The van der Waals surface area contributed by atoms with E-state index in [-0.39, 0.29) is 31.1 Å². The number of carbonyl (C=O) groups excluding carboxylic acids is 3. The highest BCUT2D eigenvalue weighted by Gasteiger charge is 2.19. The molecule has 0 aliphatic carbocycles. The third-order valence-electron chi connectivity index (χ3n) is 12.1. The summed E-state index contributed by atoms with van der Waals surface area (Å²) in [5.74, 6) is -0.885. The summed E-state index contributed by atoms with van der Waals surface area (Å²) in [4.78, 5) is 38.0. The van der Waals surface area contributed by atoms with Crippen molar-refractivity contribution in [1.82, 2.24) is 0 Å². The summed E-state index contributed by atoms with van der Waals surface area (Å²) in [6, 6.07) is 0. The Hall–Kier alpha value is -2.37. The molecule has 0 aromatic carbocycles. The fraction of sp³-hybridized carbons (Fsp3) is 0.842. The Labute approximate surface area is 391 Å². The molecule has 0 N–H and O–H groups in total. The lowest BCUT2D eigenvalue weighted by molar-refractivity contribution is -0.167. The number of rotatable bonds is 50. The Morgan fingerprint density at radius 2 is 0.571 bits per heavy atom. The van der Waals surface area contributed by atoms with E-state index in [1.807, 2.05) is 0 Å². The van der Waals surface area contributed by atoms with Crippen LogP contribution in [0.4, 0.5) is 0 Å². The van der Waals surface area contributed by atoms with Crippen LogP contribution in [0.5, 0.6) is 0 Å². The molecule has 0 heterocycles. The lowest BCUT2D eigenvalue weighted by Gasteiger charge is -2.18. The second-order valence-corrected chi connectivity index (χ2v) is 18.5. The van der Waals surface area contributed by atoms with E-state index in [2.05, 4.69) is 57.2 Å². The summed E-state index contributed by atoms with van der Waals surface area (Å²) in [5, 5.41) is 0. The van der Waals surface area contributed by atoms with Crippen molar-refractivity contribution in [2.75, 3.05) is 13.2 Å². The first kappa shape index (κ1) is 60.6. The maximum absolute atomic E-state index is 12.8. The molecular weight excluding hydrogens is 781 g/mol. The average molecular weight is 885 g/mol. The van der Waals surface area contributed by atoms with Gasteiger partial charge in [-0.3, -0.25) is 14.4 Å². The summed E-state index contributed by atoms with van der Waals surface area (Å²) in [5.41, 5.74) is 0. The van der Waals surface area contributed by atoms with Gasteiger partial charge in [0.15, 0.2) is 6.10 Å². The standard InChI is InChI=1S/C57H104O6/c1-4-7-10-13-16-19-22-25-28-31-34-37-40-43-46-49-55(58)61-52-54(63-57(60)51-48-45-42-39-36-33-30-27-24-21-18-15-12-9-6-3)53-62-56(59)50-47-44-41-38-35-32-29-26-23-20-17-14-11-8-5-2/h16,19,25-26,28-29,54H,4-15,17-18,20-24,27,30-53H2,1-3H3/b19-16-,28-25-,29-26-/t54-/m0/s1. The molecule has 0 aromatic rings. The summed E-state index contributed by atoms with van der Waals surface area (Å²) in [6.07, 6.45) is 61.2. The van der Waals surface area contributed by atoms with E-state index < -0.39 is 6.10 Å². The molecule has 368 valence electrons.